The van der Waals surface area contributed by atoms with E-state index in [9.17, 15) is 0 Å². The standard InChI is InChI=1S/C17H12BrN5/c18-13-3-7-14(8-4-13)21-16-9-10-20-17(23-16)22-15-5-1-12(11-19)2-6-15/h1-10H,(H2,20,21,22,23). The molecule has 112 valence electrons. The molecule has 3 rings (SSSR count). The summed E-state index contributed by atoms with van der Waals surface area (Å²) >= 11 is 3.41. The predicted octanol–water partition coefficient (Wildman–Crippen LogP) is 4.60. The Kier molecular flexibility index (Phi) is 4.50. The van der Waals surface area contributed by atoms with E-state index >= 15 is 0 Å². The second-order valence-electron chi connectivity index (χ2n) is 4.71. The summed E-state index contributed by atoms with van der Waals surface area (Å²) in [5.41, 5.74) is 2.38. The highest BCUT2D eigenvalue weighted by Crippen LogP contribution is 2.19. The number of rotatable bonds is 4. The molecule has 23 heavy (non-hydrogen) atoms. The van der Waals surface area contributed by atoms with Gasteiger partial charge in [-0.25, -0.2) is 4.98 Å². The molecule has 0 saturated carbocycles. The van der Waals surface area contributed by atoms with Crippen molar-refractivity contribution < 1.29 is 0 Å². The summed E-state index contributed by atoms with van der Waals surface area (Å²) in [7, 11) is 0. The molecule has 3 aromatic rings. The summed E-state index contributed by atoms with van der Waals surface area (Å²) in [5, 5.41) is 15.1. The minimum atomic E-state index is 0.483. The SMILES string of the molecule is N#Cc1ccc(Nc2nccc(Nc3ccc(Br)cc3)n2)cc1. The highest BCUT2D eigenvalue weighted by Gasteiger charge is 2.01. The fourth-order valence-electron chi connectivity index (χ4n) is 1.93. The molecule has 2 N–H and O–H groups in total. The van der Waals surface area contributed by atoms with Crippen LogP contribution in [-0.4, -0.2) is 9.97 Å². The maximum absolute atomic E-state index is 8.81. The lowest BCUT2D eigenvalue weighted by atomic mass is 10.2. The van der Waals surface area contributed by atoms with Crippen molar-refractivity contribution >= 4 is 39.1 Å². The predicted molar refractivity (Wildman–Crippen MR) is 93.9 cm³/mol. The van der Waals surface area contributed by atoms with Gasteiger partial charge in [0.25, 0.3) is 0 Å². The van der Waals surface area contributed by atoms with Crippen molar-refractivity contribution in [1.29, 1.82) is 5.26 Å². The first kappa shape index (κ1) is 15.0. The molecule has 2 aromatic carbocycles. The molecule has 0 amide bonds. The third-order valence-corrected chi connectivity index (χ3v) is 3.57. The molecular weight excluding hydrogens is 354 g/mol. The fourth-order valence-corrected chi connectivity index (χ4v) is 2.19. The zero-order chi connectivity index (χ0) is 16.1. The van der Waals surface area contributed by atoms with Crippen LogP contribution in [0.5, 0.6) is 0 Å². The number of anilines is 4. The molecule has 0 radical (unpaired) electrons. The Morgan fingerprint density at radius 1 is 0.870 bits per heavy atom. The molecule has 0 fully saturated rings. The van der Waals surface area contributed by atoms with Crippen molar-refractivity contribution in [3.8, 4) is 6.07 Å². The van der Waals surface area contributed by atoms with Gasteiger partial charge >= 0.3 is 0 Å². The molecule has 1 heterocycles. The van der Waals surface area contributed by atoms with Crippen LogP contribution < -0.4 is 10.6 Å². The Morgan fingerprint density at radius 2 is 1.52 bits per heavy atom. The van der Waals surface area contributed by atoms with Gasteiger partial charge in [0.2, 0.25) is 5.95 Å². The zero-order valence-electron chi connectivity index (χ0n) is 12.0. The van der Waals surface area contributed by atoms with Crippen LogP contribution in [-0.2, 0) is 0 Å². The Morgan fingerprint density at radius 3 is 2.22 bits per heavy atom. The molecule has 1 aromatic heterocycles. The van der Waals surface area contributed by atoms with E-state index in [1.165, 1.54) is 0 Å². The van der Waals surface area contributed by atoms with Crippen LogP contribution in [0, 0.1) is 11.3 Å². The fraction of sp³-hybridized carbons (Fsp3) is 0. The number of aromatic nitrogens is 2. The second-order valence-corrected chi connectivity index (χ2v) is 5.63. The number of halogens is 1. The van der Waals surface area contributed by atoms with Gasteiger partial charge in [0.1, 0.15) is 5.82 Å². The lowest BCUT2D eigenvalue weighted by molar-refractivity contribution is 1.17. The molecule has 0 aliphatic rings. The van der Waals surface area contributed by atoms with Gasteiger partial charge in [0, 0.05) is 22.0 Å². The zero-order valence-corrected chi connectivity index (χ0v) is 13.6. The van der Waals surface area contributed by atoms with E-state index in [-0.39, 0.29) is 0 Å². The average Bonchev–Trinajstić information content (AvgIpc) is 2.58. The smallest absolute Gasteiger partial charge is 0.229 e. The lowest BCUT2D eigenvalue weighted by Gasteiger charge is -2.08. The van der Waals surface area contributed by atoms with Crippen LogP contribution in [0.15, 0.2) is 65.3 Å². The van der Waals surface area contributed by atoms with Crippen LogP contribution in [0.4, 0.5) is 23.1 Å². The maximum atomic E-state index is 8.81. The first-order chi connectivity index (χ1) is 11.2. The van der Waals surface area contributed by atoms with Gasteiger partial charge in [-0.3, -0.25) is 0 Å². The van der Waals surface area contributed by atoms with Crippen molar-refractivity contribution in [2.45, 2.75) is 0 Å². The lowest BCUT2D eigenvalue weighted by Crippen LogP contribution is -2.00. The van der Waals surface area contributed by atoms with Gasteiger partial charge in [0.15, 0.2) is 0 Å². The molecule has 0 spiro atoms. The molecule has 0 unspecified atom stereocenters. The summed E-state index contributed by atoms with van der Waals surface area (Å²) in [6.07, 6.45) is 1.68. The van der Waals surface area contributed by atoms with E-state index in [4.69, 9.17) is 5.26 Å². The minimum Gasteiger partial charge on any atom is -0.340 e. The topological polar surface area (TPSA) is 73.6 Å². The van der Waals surface area contributed by atoms with Crippen LogP contribution in [0.25, 0.3) is 0 Å². The minimum absolute atomic E-state index is 0.483. The van der Waals surface area contributed by atoms with Crippen LogP contribution in [0.3, 0.4) is 0 Å². The summed E-state index contributed by atoms with van der Waals surface area (Å²) in [4.78, 5) is 8.62. The molecule has 0 atom stereocenters. The Balaban J connectivity index is 1.74. The molecule has 0 saturated heterocycles. The van der Waals surface area contributed by atoms with Crippen molar-refractivity contribution in [2.24, 2.45) is 0 Å². The number of hydrogen-bond acceptors (Lipinski definition) is 5. The molecule has 0 bridgehead atoms. The average molecular weight is 366 g/mol. The third kappa shape index (κ3) is 4.05. The number of hydrogen-bond donors (Lipinski definition) is 2. The van der Waals surface area contributed by atoms with E-state index in [1.807, 2.05) is 36.4 Å². The quantitative estimate of drug-likeness (QED) is 0.706. The molecule has 6 heteroatoms. The van der Waals surface area contributed by atoms with Gasteiger partial charge in [-0.05, 0) is 54.6 Å². The van der Waals surface area contributed by atoms with E-state index in [2.05, 4.69) is 42.6 Å². The summed E-state index contributed by atoms with van der Waals surface area (Å²) in [6, 6.07) is 18.8. The van der Waals surface area contributed by atoms with Gasteiger partial charge in [0.05, 0.1) is 11.6 Å². The first-order valence-electron chi connectivity index (χ1n) is 6.86. The Labute approximate surface area is 142 Å². The second kappa shape index (κ2) is 6.90. The van der Waals surface area contributed by atoms with Crippen molar-refractivity contribution in [2.75, 3.05) is 10.6 Å². The number of nitriles is 1. The molecular formula is C17H12BrN5. The molecule has 5 nitrogen and oxygen atoms in total. The van der Waals surface area contributed by atoms with Crippen LogP contribution in [0.2, 0.25) is 0 Å². The van der Waals surface area contributed by atoms with E-state index < -0.39 is 0 Å². The van der Waals surface area contributed by atoms with Crippen molar-refractivity contribution in [3.63, 3.8) is 0 Å². The number of benzene rings is 2. The first-order valence-corrected chi connectivity index (χ1v) is 7.65. The van der Waals surface area contributed by atoms with Crippen molar-refractivity contribution in [3.05, 3.63) is 70.8 Å². The summed E-state index contributed by atoms with van der Waals surface area (Å²) in [5.74, 6) is 1.18. The van der Waals surface area contributed by atoms with Gasteiger partial charge < -0.3 is 10.6 Å². The van der Waals surface area contributed by atoms with Gasteiger partial charge in [-0.1, -0.05) is 15.9 Å². The summed E-state index contributed by atoms with van der Waals surface area (Å²) < 4.78 is 1.02. The normalized spacial score (nSPS) is 9.91. The molecule has 0 aliphatic carbocycles. The number of nitrogens with zero attached hydrogens (tertiary/aromatic N) is 3. The number of nitrogens with one attached hydrogen (secondary N) is 2. The van der Waals surface area contributed by atoms with E-state index in [0.717, 1.165) is 15.8 Å². The van der Waals surface area contributed by atoms with Crippen LogP contribution >= 0.6 is 15.9 Å². The van der Waals surface area contributed by atoms with E-state index in [1.54, 1.807) is 24.4 Å². The monoisotopic (exact) mass is 365 g/mol. The highest BCUT2D eigenvalue weighted by atomic mass is 79.9. The van der Waals surface area contributed by atoms with Gasteiger partial charge in [-0.2, -0.15) is 10.2 Å². The van der Waals surface area contributed by atoms with Gasteiger partial charge in [-0.15, -0.1) is 0 Å². The largest absolute Gasteiger partial charge is 0.340 e. The Bertz CT molecular complexity index is 838. The highest BCUT2D eigenvalue weighted by molar-refractivity contribution is 9.10. The van der Waals surface area contributed by atoms with Crippen molar-refractivity contribution in [1.82, 2.24) is 9.97 Å². The van der Waals surface area contributed by atoms with E-state index in [0.29, 0.717) is 17.3 Å². The molecule has 0 aliphatic heterocycles. The Hall–Kier alpha value is -2.91. The maximum Gasteiger partial charge on any atom is 0.229 e. The third-order valence-electron chi connectivity index (χ3n) is 3.04. The van der Waals surface area contributed by atoms with Crippen LogP contribution in [0.1, 0.15) is 5.56 Å². The summed E-state index contributed by atoms with van der Waals surface area (Å²) in [6.45, 7) is 0.